The van der Waals surface area contributed by atoms with Crippen LogP contribution in [0.3, 0.4) is 0 Å². The van der Waals surface area contributed by atoms with Crippen LogP contribution in [0.5, 0.6) is 0 Å². The van der Waals surface area contributed by atoms with Crippen LogP contribution in [0, 0.1) is 11.7 Å². The van der Waals surface area contributed by atoms with Gasteiger partial charge in [0.25, 0.3) is 0 Å². The van der Waals surface area contributed by atoms with Gasteiger partial charge in [0.1, 0.15) is 5.82 Å². The minimum absolute atomic E-state index is 0. The lowest BCUT2D eigenvalue weighted by atomic mass is 10.1. The number of hydrogen-bond donors (Lipinski definition) is 3. The summed E-state index contributed by atoms with van der Waals surface area (Å²) in [6.07, 6.45) is 2.72. The highest BCUT2D eigenvalue weighted by Crippen LogP contribution is 2.19. The Hall–Kier alpha value is -1.31. The maximum atomic E-state index is 13.4. The second kappa shape index (κ2) is 9.86. The number of benzene rings is 1. The van der Waals surface area contributed by atoms with Crippen molar-refractivity contribution < 1.29 is 4.39 Å². The molecule has 2 rings (SSSR count). The molecule has 4 nitrogen and oxygen atoms in total. The van der Waals surface area contributed by atoms with E-state index in [1.165, 1.54) is 6.07 Å². The molecule has 6 heteroatoms. The molecule has 0 saturated heterocycles. The molecule has 2 aromatic rings. The summed E-state index contributed by atoms with van der Waals surface area (Å²) in [5.74, 6) is 1.16. The fourth-order valence-electron chi connectivity index (χ4n) is 2.35. The summed E-state index contributed by atoms with van der Waals surface area (Å²) >= 11 is 0. The van der Waals surface area contributed by atoms with Crippen LogP contribution in [0.2, 0.25) is 0 Å². The number of nitrogens with one attached hydrogen (secondary N) is 3. The lowest BCUT2D eigenvalue weighted by molar-refractivity contribution is 0.481. The summed E-state index contributed by atoms with van der Waals surface area (Å²) in [7, 11) is 0. The summed E-state index contributed by atoms with van der Waals surface area (Å²) in [6, 6.07) is 5.18. The zero-order valence-electron chi connectivity index (χ0n) is 14.8. The van der Waals surface area contributed by atoms with Crippen molar-refractivity contribution in [3.8, 4) is 0 Å². The highest BCUT2D eigenvalue weighted by atomic mass is 127. The standard InChI is InChI=1S/C18H27FN4.HI/c1-5-20-18(23-13(4)12(2)3)21-9-8-14-11-22-17-7-6-15(19)10-16(14)17;/h6-7,10-13,22H,5,8-9H2,1-4H3,(H2,20,21,23);1H. The minimum Gasteiger partial charge on any atom is -0.361 e. The third-order valence-corrected chi connectivity index (χ3v) is 4.09. The number of fused-ring (bicyclic) bond motifs is 1. The van der Waals surface area contributed by atoms with Gasteiger partial charge in [-0.25, -0.2) is 4.39 Å². The molecule has 1 aromatic heterocycles. The number of rotatable bonds is 6. The van der Waals surface area contributed by atoms with Gasteiger partial charge in [-0.1, -0.05) is 13.8 Å². The SMILES string of the molecule is CCNC(=NCCc1c[nH]c2ccc(F)cc12)NC(C)C(C)C.I. The molecule has 24 heavy (non-hydrogen) atoms. The Morgan fingerprint density at radius 1 is 1.29 bits per heavy atom. The Kier molecular flexibility index (Phi) is 8.52. The molecule has 1 unspecified atom stereocenters. The van der Waals surface area contributed by atoms with Crippen LogP contribution in [0.4, 0.5) is 4.39 Å². The van der Waals surface area contributed by atoms with Crippen LogP contribution in [-0.4, -0.2) is 30.1 Å². The van der Waals surface area contributed by atoms with Gasteiger partial charge in [0.05, 0.1) is 0 Å². The first-order chi connectivity index (χ1) is 11.0. The van der Waals surface area contributed by atoms with E-state index in [9.17, 15) is 4.39 Å². The lowest BCUT2D eigenvalue weighted by Gasteiger charge is -2.20. The quantitative estimate of drug-likeness (QED) is 0.356. The summed E-state index contributed by atoms with van der Waals surface area (Å²) in [5.41, 5.74) is 2.06. The second-order valence-electron chi connectivity index (χ2n) is 6.19. The van der Waals surface area contributed by atoms with Crippen molar-refractivity contribution >= 4 is 40.8 Å². The van der Waals surface area contributed by atoms with Crippen LogP contribution in [0.1, 0.15) is 33.3 Å². The zero-order chi connectivity index (χ0) is 16.8. The topological polar surface area (TPSA) is 52.2 Å². The van der Waals surface area contributed by atoms with Crippen LogP contribution < -0.4 is 10.6 Å². The average molecular weight is 446 g/mol. The van der Waals surface area contributed by atoms with Crippen LogP contribution in [-0.2, 0) is 6.42 Å². The van der Waals surface area contributed by atoms with E-state index in [0.717, 1.165) is 35.4 Å². The molecule has 0 amide bonds. The number of H-pyrrole nitrogens is 1. The number of halogens is 2. The highest BCUT2D eigenvalue weighted by molar-refractivity contribution is 14.0. The predicted octanol–water partition coefficient (Wildman–Crippen LogP) is 4.07. The Bertz CT molecular complexity index is 666. The van der Waals surface area contributed by atoms with E-state index in [-0.39, 0.29) is 29.8 Å². The Labute approximate surface area is 160 Å². The number of aliphatic imine (C=N–C) groups is 1. The van der Waals surface area contributed by atoms with Crippen LogP contribution in [0.25, 0.3) is 10.9 Å². The van der Waals surface area contributed by atoms with Gasteiger partial charge in [-0.3, -0.25) is 4.99 Å². The first-order valence-corrected chi connectivity index (χ1v) is 8.31. The fourth-order valence-corrected chi connectivity index (χ4v) is 2.35. The first-order valence-electron chi connectivity index (χ1n) is 8.31. The highest BCUT2D eigenvalue weighted by Gasteiger charge is 2.09. The van der Waals surface area contributed by atoms with Gasteiger partial charge in [0.2, 0.25) is 0 Å². The minimum atomic E-state index is -0.206. The van der Waals surface area contributed by atoms with E-state index < -0.39 is 0 Å². The smallest absolute Gasteiger partial charge is 0.191 e. The first kappa shape index (κ1) is 20.7. The van der Waals surface area contributed by atoms with Gasteiger partial charge in [0.15, 0.2) is 5.96 Å². The molecular formula is C18H28FIN4. The van der Waals surface area contributed by atoms with E-state index >= 15 is 0 Å². The van der Waals surface area contributed by atoms with Crippen molar-refractivity contribution in [2.75, 3.05) is 13.1 Å². The molecule has 1 aromatic carbocycles. The third-order valence-electron chi connectivity index (χ3n) is 4.09. The molecule has 0 aliphatic heterocycles. The van der Waals surface area contributed by atoms with Crippen molar-refractivity contribution in [1.29, 1.82) is 0 Å². The van der Waals surface area contributed by atoms with E-state index in [4.69, 9.17) is 0 Å². The van der Waals surface area contributed by atoms with Gasteiger partial charge in [-0.15, -0.1) is 24.0 Å². The number of aromatic amines is 1. The van der Waals surface area contributed by atoms with Gasteiger partial charge in [-0.05, 0) is 49.9 Å². The summed E-state index contributed by atoms with van der Waals surface area (Å²) in [5, 5.41) is 7.62. The van der Waals surface area contributed by atoms with Crippen molar-refractivity contribution in [1.82, 2.24) is 15.6 Å². The predicted molar refractivity (Wildman–Crippen MR) is 111 cm³/mol. The molecule has 0 saturated carbocycles. The number of hydrogen-bond acceptors (Lipinski definition) is 1. The van der Waals surface area contributed by atoms with Gasteiger partial charge in [0, 0.05) is 36.2 Å². The molecule has 1 heterocycles. The molecule has 0 radical (unpaired) electrons. The van der Waals surface area contributed by atoms with E-state index in [1.807, 2.05) is 6.20 Å². The molecule has 0 spiro atoms. The van der Waals surface area contributed by atoms with Crippen LogP contribution >= 0.6 is 24.0 Å². The lowest BCUT2D eigenvalue weighted by Crippen LogP contribution is -2.44. The molecule has 0 bridgehead atoms. The number of nitrogens with zero attached hydrogens (tertiary/aromatic N) is 1. The number of guanidine groups is 1. The Morgan fingerprint density at radius 3 is 2.71 bits per heavy atom. The second-order valence-corrected chi connectivity index (χ2v) is 6.19. The maximum Gasteiger partial charge on any atom is 0.191 e. The molecule has 0 aliphatic rings. The summed E-state index contributed by atoms with van der Waals surface area (Å²) < 4.78 is 13.4. The van der Waals surface area contributed by atoms with Gasteiger partial charge in [-0.2, -0.15) is 0 Å². The van der Waals surface area contributed by atoms with E-state index in [2.05, 4.69) is 48.3 Å². The van der Waals surface area contributed by atoms with Crippen molar-refractivity contribution in [3.63, 3.8) is 0 Å². The van der Waals surface area contributed by atoms with Crippen molar-refractivity contribution in [3.05, 3.63) is 35.8 Å². The molecule has 1 atom stereocenters. The normalized spacial score (nSPS) is 13.0. The van der Waals surface area contributed by atoms with Gasteiger partial charge < -0.3 is 15.6 Å². The summed E-state index contributed by atoms with van der Waals surface area (Å²) in [4.78, 5) is 7.81. The molecule has 134 valence electrons. The molecule has 0 aliphatic carbocycles. The Balaban J connectivity index is 0.00000288. The monoisotopic (exact) mass is 446 g/mol. The van der Waals surface area contributed by atoms with Crippen molar-refractivity contribution in [2.24, 2.45) is 10.9 Å². The number of aromatic nitrogens is 1. The average Bonchev–Trinajstić information content (AvgIpc) is 2.89. The van der Waals surface area contributed by atoms with Gasteiger partial charge >= 0.3 is 0 Å². The third kappa shape index (κ3) is 5.65. The maximum absolute atomic E-state index is 13.4. The Morgan fingerprint density at radius 2 is 2.04 bits per heavy atom. The zero-order valence-corrected chi connectivity index (χ0v) is 17.1. The van der Waals surface area contributed by atoms with E-state index in [1.54, 1.807) is 12.1 Å². The fraction of sp³-hybridized carbons (Fsp3) is 0.500. The molecule has 3 N–H and O–H groups in total. The van der Waals surface area contributed by atoms with Crippen molar-refractivity contribution in [2.45, 2.75) is 40.2 Å². The largest absolute Gasteiger partial charge is 0.361 e. The van der Waals surface area contributed by atoms with E-state index in [0.29, 0.717) is 18.5 Å². The molecule has 0 fully saturated rings. The molecular weight excluding hydrogens is 418 g/mol. The van der Waals surface area contributed by atoms with Crippen LogP contribution in [0.15, 0.2) is 29.4 Å². The summed E-state index contributed by atoms with van der Waals surface area (Å²) in [6.45, 7) is 10.1.